The van der Waals surface area contributed by atoms with Crippen LogP contribution in [0.15, 0.2) is 45.1 Å². The van der Waals surface area contributed by atoms with Gasteiger partial charge in [-0.2, -0.15) is 0 Å². The first-order valence-electron chi connectivity index (χ1n) is 7.45. The lowest BCUT2D eigenvalue weighted by Gasteiger charge is -2.07. The highest BCUT2D eigenvalue weighted by Gasteiger charge is 2.20. The summed E-state index contributed by atoms with van der Waals surface area (Å²) < 4.78 is 33.1. The van der Waals surface area contributed by atoms with Crippen LogP contribution in [0, 0.1) is 13.8 Å². The second-order valence-electron chi connectivity index (χ2n) is 5.58. The van der Waals surface area contributed by atoms with Gasteiger partial charge in [-0.05, 0) is 45.0 Å². The average Bonchev–Trinajstić information content (AvgIpc) is 3.16. The summed E-state index contributed by atoms with van der Waals surface area (Å²) in [6, 6.07) is 9.60. The molecule has 25 heavy (non-hydrogen) atoms. The van der Waals surface area contributed by atoms with Crippen molar-refractivity contribution in [1.82, 2.24) is 5.16 Å². The van der Waals surface area contributed by atoms with Gasteiger partial charge in [0.2, 0.25) is 0 Å². The van der Waals surface area contributed by atoms with Gasteiger partial charge in [-0.25, -0.2) is 8.42 Å². The number of aromatic nitrogens is 1. The first-order valence-corrected chi connectivity index (χ1v) is 9.75. The molecule has 2 heterocycles. The molecule has 0 saturated carbocycles. The van der Waals surface area contributed by atoms with Crippen LogP contribution in [0.25, 0.3) is 10.6 Å². The molecule has 2 aromatic heterocycles. The molecule has 0 aliphatic heterocycles. The van der Waals surface area contributed by atoms with E-state index in [1.807, 2.05) is 13.8 Å². The third-order valence-electron chi connectivity index (χ3n) is 3.75. The number of hydrogen-bond acceptors (Lipinski definition) is 6. The Morgan fingerprint density at radius 1 is 1.20 bits per heavy atom. The van der Waals surface area contributed by atoms with E-state index in [-0.39, 0.29) is 9.99 Å². The molecule has 1 aromatic carbocycles. The number of nitrogens with one attached hydrogen (secondary N) is 1. The lowest BCUT2D eigenvalue weighted by molar-refractivity contribution is 0.101. The standard InChI is InChI=1S/C17H16N2O4S2/c1-10-11(2)18-23-17(10)15-7-8-16(24-15)25(21,22)19-14-6-4-5-13(9-14)12(3)20/h4-9,19H,1-3H3. The summed E-state index contributed by atoms with van der Waals surface area (Å²) in [7, 11) is -3.75. The lowest BCUT2D eigenvalue weighted by Crippen LogP contribution is -2.11. The predicted molar refractivity (Wildman–Crippen MR) is 96.5 cm³/mol. The van der Waals surface area contributed by atoms with E-state index in [1.54, 1.807) is 24.3 Å². The predicted octanol–water partition coefficient (Wildman–Crippen LogP) is 4.02. The maximum atomic E-state index is 12.6. The molecule has 0 fully saturated rings. The van der Waals surface area contributed by atoms with Crippen molar-refractivity contribution < 1.29 is 17.7 Å². The van der Waals surface area contributed by atoms with Gasteiger partial charge >= 0.3 is 0 Å². The van der Waals surface area contributed by atoms with Gasteiger partial charge in [0.15, 0.2) is 11.5 Å². The van der Waals surface area contributed by atoms with E-state index in [9.17, 15) is 13.2 Å². The molecule has 3 rings (SSSR count). The Morgan fingerprint density at radius 2 is 1.96 bits per heavy atom. The number of carbonyl (C=O) groups is 1. The Balaban J connectivity index is 1.90. The van der Waals surface area contributed by atoms with Gasteiger partial charge in [-0.1, -0.05) is 17.3 Å². The fourth-order valence-electron chi connectivity index (χ4n) is 2.24. The molecule has 0 saturated heterocycles. The van der Waals surface area contributed by atoms with Crippen LogP contribution < -0.4 is 4.72 Å². The van der Waals surface area contributed by atoms with Crippen molar-refractivity contribution in [3.8, 4) is 10.6 Å². The highest BCUT2D eigenvalue weighted by molar-refractivity contribution is 7.94. The van der Waals surface area contributed by atoms with Crippen LogP contribution in [-0.4, -0.2) is 19.4 Å². The molecule has 0 amide bonds. The second kappa shape index (κ2) is 6.45. The number of carbonyl (C=O) groups excluding carboxylic acids is 1. The van der Waals surface area contributed by atoms with Crippen molar-refractivity contribution in [1.29, 1.82) is 0 Å². The molecule has 0 aliphatic carbocycles. The molecular formula is C17H16N2O4S2. The summed E-state index contributed by atoms with van der Waals surface area (Å²) >= 11 is 1.10. The highest BCUT2D eigenvalue weighted by atomic mass is 32.2. The minimum Gasteiger partial charge on any atom is -0.355 e. The zero-order valence-corrected chi connectivity index (χ0v) is 15.5. The minimum atomic E-state index is -3.75. The van der Waals surface area contributed by atoms with Crippen LogP contribution in [0.5, 0.6) is 0 Å². The molecule has 0 radical (unpaired) electrons. The van der Waals surface area contributed by atoms with Gasteiger partial charge in [-0.15, -0.1) is 11.3 Å². The molecule has 8 heteroatoms. The number of thiophene rings is 1. The van der Waals surface area contributed by atoms with Crippen LogP contribution in [0.4, 0.5) is 5.69 Å². The maximum absolute atomic E-state index is 12.6. The number of ketones is 1. The summed E-state index contributed by atoms with van der Waals surface area (Å²) in [4.78, 5) is 12.1. The fraction of sp³-hybridized carbons (Fsp3) is 0.176. The van der Waals surface area contributed by atoms with Crippen molar-refractivity contribution in [2.24, 2.45) is 0 Å². The number of sulfonamides is 1. The van der Waals surface area contributed by atoms with Crippen LogP contribution in [-0.2, 0) is 10.0 Å². The molecule has 0 atom stereocenters. The monoisotopic (exact) mass is 376 g/mol. The number of aryl methyl sites for hydroxylation is 1. The van der Waals surface area contributed by atoms with E-state index < -0.39 is 10.0 Å². The van der Waals surface area contributed by atoms with E-state index in [4.69, 9.17) is 4.52 Å². The Hall–Kier alpha value is -2.45. The van der Waals surface area contributed by atoms with E-state index in [0.717, 1.165) is 22.6 Å². The fourth-order valence-corrected chi connectivity index (χ4v) is 4.63. The summed E-state index contributed by atoms with van der Waals surface area (Å²) in [5, 5.41) is 3.89. The van der Waals surface area contributed by atoms with Gasteiger partial charge < -0.3 is 4.52 Å². The molecule has 0 bridgehead atoms. The van der Waals surface area contributed by atoms with Gasteiger partial charge in [0.05, 0.1) is 10.6 Å². The molecular weight excluding hydrogens is 360 g/mol. The smallest absolute Gasteiger partial charge is 0.271 e. The van der Waals surface area contributed by atoms with Crippen molar-refractivity contribution in [2.75, 3.05) is 4.72 Å². The molecule has 0 unspecified atom stereocenters. The van der Waals surface area contributed by atoms with Crippen LogP contribution >= 0.6 is 11.3 Å². The first-order chi connectivity index (χ1) is 11.8. The molecule has 3 aromatic rings. The number of Topliss-reactive ketones (excluding diaryl/α,β-unsaturated/α-hetero) is 1. The number of benzene rings is 1. The normalized spacial score (nSPS) is 11.5. The Kier molecular flexibility index (Phi) is 4.49. The number of anilines is 1. The SMILES string of the molecule is CC(=O)c1cccc(NS(=O)(=O)c2ccc(-c3onc(C)c3C)s2)c1. The van der Waals surface area contributed by atoms with E-state index in [0.29, 0.717) is 21.9 Å². The Bertz CT molecular complexity index is 1050. The van der Waals surface area contributed by atoms with E-state index in [1.165, 1.54) is 19.1 Å². The molecule has 1 N–H and O–H groups in total. The Labute approximate surface area is 149 Å². The van der Waals surface area contributed by atoms with Crippen LogP contribution in [0.1, 0.15) is 28.5 Å². The number of nitrogens with zero attached hydrogens (tertiary/aromatic N) is 1. The quantitative estimate of drug-likeness (QED) is 0.679. The molecule has 0 spiro atoms. The van der Waals surface area contributed by atoms with Crippen LogP contribution in [0.3, 0.4) is 0 Å². The van der Waals surface area contributed by atoms with Crippen molar-refractivity contribution in [3.63, 3.8) is 0 Å². The lowest BCUT2D eigenvalue weighted by atomic mass is 10.1. The van der Waals surface area contributed by atoms with E-state index in [2.05, 4.69) is 9.88 Å². The maximum Gasteiger partial charge on any atom is 0.271 e. The van der Waals surface area contributed by atoms with Crippen molar-refractivity contribution in [3.05, 3.63) is 53.2 Å². The number of hydrogen-bond donors (Lipinski definition) is 1. The Morgan fingerprint density at radius 3 is 2.60 bits per heavy atom. The van der Waals surface area contributed by atoms with Gasteiger partial charge in [0.25, 0.3) is 10.0 Å². The molecule has 0 aliphatic rings. The third-order valence-corrected chi connectivity index (χ3v) is 6.71. The zero-order chi connectivity index (χ0) is 18.2. The van der Waals surface area contributed by atoms with E-state index >= 15 is 0 Å². The minimum absolute atomic E-state index is 0.129. The van der Waals surface area contributed by atoms with Gasteiger partial charge in [0, 0.05) is 16.8 Å². The summed E-state index contributed by atoms with van der Waals surface area (Å²) in [5.41, 5.74) is 2.44. The van der Waals surface area contributed by atoms with Crippen LogP contribution in [0.2, 0.25) is 0 Å². The molecule has 130 valence electrons. The summed E-state index contributed by atoms with van der Waals surface area (Å²) in [5.74, 6) is 0.443. The summed E-state index contributed by atoms with van der Waals surface area (Å²) in [6.45, 7) is 5.14. The third kappa shape index (κ3) is 3.49. The zero-order valence-electron chi connectivity index (χ0n) is 13.9. The number of rotatable bonds is 5. The average molecular weight is 376 g/mol. The van der Waals surface area contributed by atoms with Gasteiger partial charge in [-0.3, -0.25) is 9.52 Å². The van der Waals surface area contributed by atoms with Crippen molar-refractivity contribution >= 4 is 32.8 Å². The molecule has 6 nitrogen and oxygen atoms in total. The highest BCUT2D eigenvalue weighted by Crippen LogP contribution is 2.34. The largest absolute Gasteiger partial charge is 0.355 e. The first kappa shape index (κ1) is 17.4. The summed E-state index contributed by atoms with van der Waals surface area (Å²) in [6.07, 6.45) is 0. The second-order valence-corrected chi connectivity index (χ2v) is 8.58. The topological polar surface area (TPSA) is 89.3 Å². The van der Waals surface area contributed by atoms with Crippen molar-refractivity contribution in [2.45, 2.75) is 25.0 Å². The van der Waals surface area contributed by atoms with Gasteiger partial charge in [0.1, 0.15) is 4.21 Å².